The molecule has 2 rings (SSSR count). The molecule has 0 aromatic carbocycles. The highest BCUT2D eigenvalue weighted by Gasteiger charge is 2.62. The monoisotopic (exact) mass is 529 g/mol. The van der Waals surface area contributed by atoms with Gasteiger partial charge in [-0.2, -0.15) is 4.98 Å². The second-order valence-corrected chi connectivity index (χ2v) is 9.24. The maximum absolute atomic E-state index is 16.3. The maximum atomic E-state index is 16.3. The molecule has 0 saturated carbocycles. The van der Waals surface area contributed by atoms with Gasteiger partial charge in [0.15, 0.2) is 18.9 Å². The van der Waals surface area contributed by atoms with Crippen LogP contribution in [-0.2, 0) is 38.1 Å². The van der Waals surface area contributed by atoms with Crippen molar-refractivity contribution in [3.63, 3.8) is 0 Å². The lowest BCUT2D eigenvalue weighted by atomic mass is 10.1. The van der Waals surface area contributed by atoms with Crippen molar-refractivity contribution in [3.05, 3.63) is 22.7 Å². The van der Waals surface area contributed by atoms with Crippen molar-refractivity contribution >= 4 is 29.8 Å². The number of halogens is 1. The van der Waals surface area contributed by atoms with Crippen LogP contribution < -0.4 is 11.0 Å². The Hall–Kier alpha value is -3.55. The fraction of sp³-hybridized carbons (Fsp3) is 0.652. The summed E-state index contributed by atoms with van der Waals surface area (Å²) in [6.07, 6.45) is -5.04. The zero-order valence-corrected chi connectivity index (χ0v) is 21.7. The summed E-state index contributed by atoms with van der Waals surface area (Å²) in [5.74, 6) is -7.54. The standard InChI is InChI=1S/C23H32FN3O10/c1-11(2)18(28)34-10-23(24)16(36-20(30)13(5)6)15(35-19(29)12(3)4)17(37-23)27-9-8-14(25-21(27)31)26-22(32)33-7/h8-9,11-13,15-17H,10H2,1-7H3,(H,25,26,31,32)/t15-,16+,17-,23-/m1/s1. The Labute approximate surface area is 212 Å². The molecule has 0 radical (unpaired) electrons. The highest BCUT2D eigenvalue weighted by atomic mass is 19.2. The van der Waals surface area contributed by atoms with Crippen molar-refractivity contribution in [3.8, 4) is 0 Å². The number of alkyl halides is 1. The predicted octanol–water partition coefficient (Wildman–Crippen LogP) is 1.95. The number of hydrogen-bond acceptors (Lipinski definition) is 11. The number of amides is 1. The van der Waals surface area contributed by atoms with E-state index in [4.69, 9.17) is 18.9 Å². The van der Waals surface area contributed by atoms with Crippen molar-refractivity contribution in [2.24, 2.45) is 17.8 Å². The predicted molar refractivity (Wildman–Crippen MR) is 124 cm³/mol. The van der Waals surface area contributed by atoms with Gasteiger partial charge in [-0.3, -0.25) is 24.3 Å². The van der Waals surface area contributed by atoms with Crippen molar-refractivity contribution in [2.75, 3.05) is 19.0 Å². The van der Waals surface area contributed by atoms with Gasteiger partial charge >= 0.3 is 29.7 Å². The largest absolute Gasteiger partial charge is 0.459 e. The fourth-order valence-corrected chi connectivity index (χ4v) is 3.04. The molecule has 14 heteroatoms. The first kappa shape index (κ1) is 29.7. The number of anilines is 1. The first-order valence-electron chi connectivity index (χ1n) is 11.6. The molecule has 1 amide bonds. The first-order chi connectivity index (χ1) is 17.2. The number of methoxy groups -OCH3 is 1. The van der Waals surface area contributed by atoms with Gasteiger partial charge in [-0.15, -0.1) is 0 Å². The highest BCUT2D eigenvalue weighted by molar-refractivity contribution is 5.82. The smallest absolute Gasteiger partial charge is 0.412 e. The fourth-order valence-electron chi connectivity index (χ4n) is 3.04. The topological polar surface area (TPSA) is 161 Å². The molecular weight excluding hydrogens is 497 g/mol. The molecule has 1 saturated heterocycles. The molecule has 0 unspecified atom stereocenters. The number of carbonyl (C=O) groups excluding carboxylic acids is 4. The maximum Gasteiger partial charge on any atom is 0.412 e. The molecule has 1 aliphatic heterocycles. The Morgan fingerprint density at radius 2 is 1.62 bits per heavy atom. The third kappa shape index (κ3) is 7.24. The van der Waals surface area contributed by atoms with E-state index >= 15 is 4.39 Å². The number of hydrogen-bond donors (Lipinski definition) is 1. The van der Waals surface area contributed by atoms with Crippen molar-refractivity contribution in [1.82, 2.24) is 9.55 Å². The van der Waals surface area contributed by atoms with Gasteiger partial charge in [0.2, 0.25) is 6.10 Å². The Morgan fingerprint density at radius 1 is 1.05 bits per heavy atom. The van der Waals surface area contributed by atoms with Crippen LogP contribution in [0.2, 0.25) is 0 Å². The number of nitrogens with zero attached hydrogens (tertiary/aromatic N) is 2. The van der Waals surface area contributed by atoms with Crippen LogP contribution in [0.25, 0.3) is 0 Å². The van der Waals surface area contributed by atoms with E-state index in [9.17, 15) is 24.0 Å². The number of nitrogens with one attached hydrogen (secondary N) is 1. The Morgan fingerprint density at radius 3 is 2.14 bits per heavy atom. The summed E-state index contributed by atoms with van der Waals surface area (Å²) < 4.78 is 42.9. The zero-order chi connectivity index (χ0) is 28.1. The number of esters is 3. The number of carbonyl (C=O) groups is 4. The van der Waals surface area contributed by atoms with E-state index in [0.717, 1.165) is 17.9 Å². The average molecular weight is 530 g/mol. The zero-order valence-electron chi connectivity index (χ0n) is 21.7. The van der Waals surface area contributed by atoms with Crippen LogP contribution in [0.15, 0.2) is 17.1 Å². The molecule has 4 atom stereocenters. The van der Waals surface area contributed by atoms with Gasteiger partial charge in [0.25, 0.3) is 5.85 Å². The van der Waals surface area contributed by atoms with Crippen LogP contribution in [-0.4, -0.2) is 65.3 Å². The molecule has 1 aromatic rings. The summed E-state index contributed by atoms with van der Waals surface area (Å²) >= 11 is 0. The minimum Gasteiger partial charge on any atom is -0.459 e. The van der Waals surface area contributed by atoms with Gasteiger partial charge in [-0.25, -0.2) is 14.0 Å². The second kappa shape index (κ2) is 12.1. The molecule has 1 aromatic heterocycles. The molecule has 2 heterocycles. The lowest BCUT2D eigenvalue weighted by Crippen LogP contribution is -2.48. The number of ether oxygens (including phenoxy) is 5. The molecule has 206 valence electrons. The Balaban J connectivity index is 2.55. The van der Waals surface area contributed by atoms with E-state index in [1.165, 1.54) is 47.6 Å². The summed E-state index contributed by atoms with van der Waals surface area (Å²) in [4.78, 5) is 64.9. The summed E-state index contributed by atoms with van der Waals surface area (Å²) in [5, 5.41) is 2.20. The molecule has 0 spiro atoms. The molecule has 1 aliphatic rings. The molecule has 1 fully saturated rings. The minimum atomic E-state index is -3.00. The Bertz CT molecular complexity index is 1070. The average Bonchev–Trinajstić information content (AvgIpc) is 3.08. The van der Waals surface area contributed by atoms with Crippen LogP contribution in [0, 0.1) is 17.8 Å². The van der Waals surface area contributed by atoms with Gasteiger partial charge in [-0.05, 0) is 6.07 Å². The summed E-state index contributed by atoms with van der Waals surface area (Å²) in [7, 11) is 1.11. The highest BCUT2D eigenvalue weighted by Crippen LogP contribution is 2.42. The van der Waals surface area contributed by atoms with E-state index in [1.807, 2.05) is 0 Å². The van der Waals surface area contributed by atoms with Crippen LogP contribution in [0.1, 0.15) is 47.8 Å². The van der Waals surface area contributed by atoms with Gasteiger partial charge in [0.1, 0.15) is 5.82 Å². The number of rotatable bonds is 9. The molecule has 13 nitrogen and oxygen atoms in total. The van der Waals surface area contributed by atoms with Crippen molar-refractivity contribution in [2.45, 2.75) is 65.8 Å². The quantitative estimate of drug-likeness (QED) is 0.368. The summed E-state index contributed by atoms with van der Waals surface area (Å²) in [6, 6.07) is 1.19. The van der Waals surface area contributed by atoms with Crippen LogP contribution >= 0.6 is 0 Å². The summed E-state index contributed by atoms with van der Waals surface area (Å²) in [6.45, 7) is 8.10. The van der Waals surface area contributed by atoms with E-state index in [-0.39, 0.29) is 5.82 Å². The molecular formula is C23H32FN3O10. The van der Waals surface area contributed by atoms with Gasteiger partial charge in [0, 0.05) is 6.20 Å². The second-order valence-electron chi connectivity index (χ2n) is 9.24. The van der Waals surface area contributed by atoms with E-state index in [1.54, 1.807) is 0 Å². The van der Waals surface area contributed by atoms with E-state index < -0.39 is 78.3 Å². The molecule has 0 bridgehead atoms. The molecule has 1 N–H and O–H groups in total. The first-order valence-corrected chi connectivity index (χ1v) is 11.6. The lowest BCUT2D eigenvalue weighted by molar-refractivity contribution is -0.226. The van der Waals surface area contributed by atoms with E-state index in [0.29, 0.717) is 0 Å². The van der Waals surface area contributed by atoms with Crippen molar-refractivity contribution in [1.29, 1.82) is 0 Å². The third-order valence-corrected chi connectivity index (χ3v) is 5.16. The molecule has 0 aliphatic carbocycles. The third-order valence-electron chi connectivity index (χ3n) is 5.16. The SMILES string of the molecule is COC(=O)Nc1ccn([C@@H]2O[C@](F)(COC(=O)C(C)C)[C@@H](OC(=O)C(C)C)[C@H]2OC(=O)C(C)C)c(=O)n1. The van der Waals surface area contributed by atoms with Crippen LogP contribution in [0.3, 0.4) is 0 Å². The van der Waals surface area contributed by atoms with Crippen LogP contribution in [0.5, 0.6) is 0 Å². The normalized spacial score (nSPS) is 23.2. The number of aromatic nitrogens is 2. The van der Waals surface area contributed by atoms with Crippen LogP contribution in [0.4, 0.5) is 15.0 Å². The van der Waals surface area contributed by atoms with Crippen molar-refractivity contribution < 1.29 is 47.3 Å². The summed E-state index contributed by atoms with van der Waals surface area (Å²) in [5.41, 5.74) is -1.03. The lowest BCUT2D eigenvalue weighted by Gasteiger charge is -2.28. The van der Waals surface area contributed by atoms with E-state index in [2.05, 4.69) is 15.0 Å². The van der Waals surface area contributed by atoms with Gasteiger partial charge in [0.05, 0.1) is 24.9 Å². The molecule has 37 heavy (non-hydrogen) atoms. The van der Waals surface area contributed by atoms with Gasteiger partial charge < -0.3 is 23.7 Å². The van der Waals surface area contributed by atoms with Gasteiger partial charge in [-0.1, -0.05) is 41.5 Å². The minimum absolute atomic E-state index is 0.179. The Kier molecular flexibility index (Phi) is 9.73.